The Morgan fingerprint density at radius 2 is 1.18 bits per heavy atom. The molecule has 0 radical (unpaired) electrons. The minimum Gasteiger partial charge on any atom is -0.326 e. The Balaban J connectivity index is 2.10. The van der Waals surface area contributed by atoms with Crippen LogP contribution in [-0.2, 0) is 14.4 Å². The van der Waals surface area contributed by atoms with E-state index in [0.29, 0.717) is 35.8 Å². The van der Waals surface area contributed by atoms with E-state index in [1.54, 1.807) is 18.2 Å². The second-order valence-corrected chi connectivity index (χ2v) is 10.5. The highest BCUT2D eigenvalue weighted by Gasteiger charge is 2.32. The predicted octanol–water partition coefficient (Wildman–Crippen LogP) is 6.74. The Morgan fingerprint density at radius 3 is 1.58 bits per heavy atom. The number of carbonyl (C=O) groups is 3. The van der Waals surface area contributed by atoms with Crippen molar-refractivity contribution in [1.82, 2.24) is 0 Å². The third-order valence-electron chi connectivity index (χ3n) is 6.61. The topological polar surface area (TPSA) is 87.3 Å². The molecule has 6 nitrogen and oxygen atoms in total. The Morgan fingerprint density at radius 1 is 0.758 bits per heavy atom. The van der Waals surface area contributed by atoms with Crippen molar-refractivity contribution in [3.05, 3.63) is 18.2 Å². The van der Waals surface area contributed by atoms with Crippen molar-refractivity contribution in [2.75, 3.05) is 16.0 Å². The van der Waals surface area contributed by atoms with Crippen LogP contribution in [0.25, 0.3) is 0 Å². The smallest absolute Gasteiger partial charge is 0.227 e. The lowest BCUT2D eigenvalue weighted by Crippen LogP contribution is -2.31. The highest BCUT2D eigenvalue weighted by Crippen LogP contribution is 2.40. The van der Waals surface area contributed by atoms with Crippen molar-refractivity contribution in [2.45, 2.75) is 98.8 Å². The van der Waals surface area contributed by atoms with E-state index in [0.717, 1.165) is 51.4 Å². The lowest BCUT2D eigenvalue weighted by molar-refractivity contribution is -0.121. The molecule has 0 spiro atoms. The fourth-order valence-electron chi connectivity index (χ4n) is 4.43. The Kier molecular flexibility index (Phi) is 10.4. The van der Waals surface area contributed by atoms with Gasteiger partial charge in [-0.2, -0.15) is 0 Å². The number of hydrogen-bond donors (Lipinski definition) is 3. The molecule has 1 fully saturated rings. The van der Waals surface area contributed by atoms with Crippen LogP contribution in [0.4, 0.5) is 17.1 Å². The molecule has 33 heavy (non-hydrogen) atoms. The number of rotatable bonds is 10. The number of amides is 3. The number of anilines is 3. The maximum absolute atomic E-state index is 13.0. The van der Waals surface area contributed by atoms with E-state index in [2.05, 4.69) is 36.7 Å². The molecule has 2 rings (SSSR count). The molecule has 1 saturated carbocycles. The molecule has 1 aliphatic carbocycles. The first-order chi connectivity index (χ1) is 15.6. The highest BCUT2D eigenvalue weighted by molar-refractivity contribution is 5.98. The van der Waals surface area contributed by atoms with Crippen molar-refractivity contribution < 1.29 is 14.4 Å². The van der Waals surface area contributed by atoms with Crippen LogP contribution in [0.2, 0.25) is 0 Å². The first-order valence-electron chi connectivity index (χ1n) is 12.7. The monoisotopic (exact) mass is 457 g/mol. The molecule has 0 heterocycles. The maximum Gasteiger partial charge on any atom is 0.227 e. The summed E-state index contributed by atoms with van der Waals surface area (Å²) < 4.78 is 0. The maximum atomic E-state index is 13.0. The number of carbonyl (C=O) groups excluding carboxylic acids is 3. The third-order valence-corrected chi connectivity index (χ3v) is 6.61. The molecule has 3 amide bonds. The van der Waals surface area contributed by atoms with Crippen LogP contribution in [0.5, 0.6) is 0 Å². The summed E-state index contributed by atoms with van der Waals surface area (Å²) in [6, 6.07) is 5.28. The molecule has 0 bridgehead atoms. The van der Waals surface area contributed by atoms with Gasteiger partial charge in [-0.1, -0.05) is 47.5 Å². The van der Waals surface area contributed by atoms with E-state index in [4.69, 9.17) is 0 Å². The van der Waals surface area contributed by atoms with Crippen molar-refractivity contribution in [1.29, 1.82) is 0 Å². The van der Waals surface area contributed by atoms with Gasteiger partial charge in [0, 0.05) is 35.8 Å². The van der Waals surface area contributed by atoms with E-state index in [9.17, 15) is 14.4 Å². The van der Waals surface area contributed by atoms with Gasteiger partial charge in [-0.15, -0.1) is 0 Å². The van der Waals surface area contributed by atoms with Crippen LogP contribution in [-0.4, -0.2) is 17.7 Å². The van der Waals surface area contributed by atoms with Gasteiger partial charge in [-0.3, -0.25) is 14.4 Å². The summed E-state index contributed by atoms with van der Waals surface area (Å²) in [4.78, 5) is 37.5. The molecule has 184 valence electrons. The van der Waals surface area contributed by atoms with Gasteiger partial charge in [0.25, 0.3) is 0 Å². The van der Waals surface area contributed by atoms with Crippen molar-refractivity contribution in [2.24, 2.45) is 17.3 Å². The fraction of sp³-hybridized carbons (Fsp3) is 0.667. The zero-order valence-electron chi connectivity index (χ0n) is 21.2. The Bertz CT molecular complexity index is 765. The van der Waals surface area contributed by atoms with Gasteiger partial charge in [0.2, 0.25) is 17.7 Å². The van der Waals surface area contributed by atoms with Crippen LogP contribution in [0, 0.1) is 17.3 Å². The molecule has 3 N–H and O–H groups in total. The van der Waals surface area contributed by atoms with Crippen molar-refractivity contribution in [3.8, 4) is 0 Å². The van der Waals surface area contributed by atoms with Crippen LogP contribution in [0.1, 0.15) is 98.8 Å². The van der Waals surface area contributed by atoms with E-state index in [1.807, 2.05) is 13.8 Å². The van der Waals surface area contributed by atoms with Gasteiger partial charge < -0.3 is 16.0 Å². The molecule has 1 aromatic rings. The summed E-state index contributed by atoms with van der Waals surface area (Å²) in [6.07, 6.45) is 8.33. The molecular weight excluding hydrogens is 414 g/mol. The van der Waals surface area contributed by atoms with Gasteiger partial charge in [-0.25, -0.2) is 0 Å². The largest absolute Gasteiger partial charge is 0.326 e. The Hall–Kier alpha value is -2.37. The predicted molar refractivity (Wildman–Crippen MR) is 136 cm³/mol. The highest BCUT2D eigenvalue weighted by atomic mass is 16.2. The molecule has 1 aromatic carbocycles. The van der Waals surface area contributed by atoms with E-state index in [-0.39, 0.29) is 29.1 Å². The van der Waals surface area contributed by atoms with Crippen molar-refractivity contribution in [3.63, 3.8) is 0 Å². The molecule has 0 unspecified atom stereocenters. The zero-order chi connectivity index (χ0) is 24.4. The van der Waals surface area contributed by atoms with Crippen LogP contribution in [0.3, 0.4) is 0 Å². The third kappa shape index (κ3) is 9.18. The zero-order valence-corrected chi connectivity index (χ0v) is 21.2. The van der Waals surface area contributed by atoms with Gasteiger partial charge in [0.05, 0.1) is 0 Å². The van der Waals surface area contributed by atoms with Crippen LogP contribution >= 0.6 is 0 Å². The lowest BCUT2D eigenvalue weighted by Gasteiger charge is -2.36. The average Bonchev–Trinajstić information content (AvgIpc) is 2.75. The Labute approximate surface area is 199 Å². The molecule has 0 saturated heterocycles. The normalized spacial score (nSPS) is 18.5. The average molecular weight is 458 g/mol. The summed E-state index contributed by atoms with van der Waals surface area (Å²) in [5.74, 6) is 0.524. The summed E-state index contributed by atoms with van der Waals surface area (Å²) in [7, 11) is 0. The van der Waals surface area contributed by atoms with Crippen LogP contribution in [0.15, 0.2) is 18.2 Å². The fourth-order valence-corrected chi connectivity index (χ4v) is 4.43. The second-order valence-electron chi connectivity index (χ2n) is 10.5. The van der Waals surface area contributed by atoms with E-state index >= 15 is 0 Å². The first kappa shape index (κ1) is 26.9. The van der Waals surface area contributed by atoms with Gasteiger partial charge in [0.15, 0.2) is 0 Å². The summed E-state index contributed by atoms with van der Waals surface area (Å²) >= 11 is 0. The quantitative estimate of drug-likeness (QED) is 0.364. The lowest BCUT2D eigenvalue weighted by atomic mass is 9.69. The summed E-state index contributed by atoms with van der Waals surface area (Å²) in [6.45, 7) is 10.9. The molecule has 0 aliphatic heterocycles. The number of nitrogens with one attached hydrogen (secondary N) is 3. The SMILES string of the molecule is CCCCC(=O)Nc1cc(NC(=O)CCCC)cc(NC(=O)C2CCC(C(C)(C)C)CC2)c1. The number of benzene rings is 1. The van der Waals surface area contributed by atoms with Gasteiger partial charge in [0.1, 0.15) is 0 Å². The van der Waals surface area contributed by atoms with Gasteiger partial charge >= 0.3 is 0 Å². The van der Waals surface area contributed by atoms with Crippen LogP contribution < -0.4 is 16.0 Å². The van der Waals surface area contributed by atoms with E-state index in [1.165, 1.54) is 0 Å². The second kappa shape index (κ2) is 12.8. The van der Waals surface area contributed by atoms with E-state index < -0.39 is 0 Å². The minimum absolute atomic E-state index is 0.00556. The van der Waals surface area contributed by atoms with Crippen molar-refractivity contribution >= 4 is 34.8 Å². The minimum atomic E-state index is -0.0657. The summed E-state index contributed by atoms with van der Waals surface area (Å²) in [5, 5.41) is 8.85. The standard InChI is InChI=1S/C27H43N3O3/c1-6-8-10-24(31)28-21-16-22(29-25(32)11-9-7-2)18-23(17-21)30-26(33)19-12-14-20(15-13-19)27(3,4)5/h16-20H,6-15H2,1-5H3,(H,28,31)(H,29,32)(H,30,33). The first-order valence-corrected chi connectivity index (χ1v) is 12.7. The molecular formula is C27H43N3O3. The number of hydrogen-bond acceptors (Lipinski definition) is 3. The van der Waals surface area contributed by atoms with Gasteiger partial charge in [-0.05, 0) is 68.1 Å². The molecule has 1 aliphatic rings. The number of unbranched alkanes of at least 4 members (excludes halogenated alkanes) is 2. The summed E-state index contributed by atoms with van der Waals surface area (Å²) in [5.41, 5.74) is 2.03. The molecule has 0 aromatic heterocycles. The molecule has 0 atom stereocenters. The molecule has 6 heteroatoms.